The first-order valence-corrected chi connectivity index (χ1v) is 11.1. The van der Waals surface area contributed by atoms with E-state index in [1.807, 2.05) is 4.90 Å². The van der Waals surface area contributed by atoms with Crippen LogP contribution in [0.4, 0.5) is 5.69 Å². The highest BCUT2D eigenvalue weighted by Crippen LogP contribution is 2.27. The molecule has 0 radical (unpaired) electrons. The number of nitrogens with one attached hydrogen (secondary N) is 1. The van der Waals surface area contributed by atoms with Gasteiger partial charge in [0.05, 0.1) is 22.2 Å². The number of anilines is 1. The van der Waals surface area contributed by atoms with Crippen molar-refractivity contribution in [1.82, 2.24) is 14.1 Å². The van der Waals surface area contributed by atoms with Crippen LogP contribution in [-0.2, 0) is 19.6 Å². The van der Waals surface area contributed by atoms with Crippen molar-refractivity contribution in [2.24, 2.45) is 0 Å². The second kappa shape index (κ2) is 9.69. The van der Waals surface area contributed by atoms with Gasteiger partial charge in [0.1, 0.15) is 0 Å². The van der Waals surface area contributed by atoms with Crippen LogP contribution in [0, 0.1) is 0 Å². The summed E-state index contributed by atoms with van der Waals surface area (Å²) in [4.78, 5) is 27.6. The highest BCUT2D eigenvalue weighted by molar-refractivity contribution is 7.89. The Labute approximate surface area is 171 Å². The predicted molar refractivity (Wildman–Crippen MR) is 109 cm³/mol. The second-order valence-electron chi connectivity index (χ2n) is 6.56. The quantitative estimate of drug-likeness (QED) is 0.707. The Balaban J connectivity index is 2.06. The smallest absolute Gasteiger partial charge is 0.243 e. The molecular formula is C18H27ClN4O4S. The molecule has 1 aliphatic heterocycles. The predicted octanol–water partition coefficient (Wildman–Crippen LogP) is 1.47. The molecule has 156 valence electrons. The summed E-state index contributed by atoms with van der Waals surface area (Å²) < 4.78 is 26.7. The number of hydrogen-bond acceptors (Lipinski definition) is 5. The summed E-state index contributed by atoms with van der Waals surface area (Å²) in [6.07, 6.45) is 0. The number of hydrogen-bond donors (Lipinski definition) is 1. The van der Waals surface area contributed by atoms with Gasteiger partial charge in [0, 0.05) is 46.2 Å². The van der Waals surface area contributed by atoms with Crippen molar-refractivity contribution in [3.05, 3.63) is 23.2 Å². The molecule has 2 amide bonds. The van der Waals surface area contributed by atoms with E-state index in [0.717, 1.165) is 0 Å². The van der Waals surface area contributed by atoms with E-state index < -0.39 is 10.0 Å². The lowest BCUT2D eigenvalue weighted by Gasteiger charge is -2.33. The minimum absolute atomic E-state index is 0.0297. The molecule has 1 heterocycles. The Kier molecular flexibility index (Phi) is 7.82. The number of amides is 2. The number of halogens is 1. The third-order valence-electron chi connectivity index (χ3n) is 4.74. The number of rotatable bonds is 7. The number of carbonyl (C=O) groups is 2. The Morgan fingerprint density at radius 3 is 2.29 bits per heavy atom. The van der Waals surface area contributed by atoms with Gasteiger partial charge in [-0.2, -0.15) is 4.31 Å². The summed E-state index contributed by atoms with van der Waals surface area (Å²) in [6.45, 7) is 8.32. The monoisotopic (exact) mass is 430 g/mol. The van der Waals surface area contributed by atoms with Crippen molar-refractivity contribution < 1.29 is 18.0 Å². The minimum atomic E-state index is -3.64. The number of sulfonamides is 1. The van der Waals surface area contributed by atoms with Crippen LogP contribution in [0.2, 0.25) is 5.02 Å². The lowest BCUT2D eigenvalue weighted by molar-refractivity contribution is -0.130. The molecule has 0 aliphatic carbocycles. The van der Waals surface area contributed by atoms with Crippen molar-refractivity contribution in [2.45, 2.75) is 25.7 Å². The van der Waals surface area contributed by atoms with E-state index >= 15 is 0 Å². The second-order valence-corrected chi connectivity index (χ2v) is 8.91. The highest BCUT2D eigenvalue weighted by atomic mass is 35.5. The SMILES string of the molecule is CCN(CC)S(=O)(=O)c1ccc(Cl)c(NC(=O)CN2CCN(C(C)=O)CC2)c1. The van der Waals surface area contributed by atoms with E-state index in [9.17, 15) is 18.0 Å². The van der Waals surface area contributed by atoms with Crippen molar-refractivity contribution in [1.29, 1.82) is 0 Å². The Morgan fingerprint density at radius 2 is 1.75 bits per heavy atom. The number of piperazine rings is 1. The molecule has 1 N–H and O–H groups in total. The summed E-state index contributed by atoms with van der Waals surface area (Å²) in [7, 11) is -3.64. The summed E-state index contributed by atoms with van der Waals surface area (Å²) in [5.74, 6) is -0.252. The molecule has 1 aromatic rings. The zero-order chi connectivity index (χ0) is 20.9. The lowest BCUT2D eigenvalue weighted by atomic mass is 10.3. The first kappa shape index (κ1) is 22.6. The molecule has 10 heteroatoms. The standard InChI is InChI=1S/C18H27ClN4O4S/c1-4-23(5-2)28(26,27)15-6-7-16(19)17(12-15)20-18(25)13-21-8-10-22(11-9-21)14(3)24/h6-7,12H,4-5,8-11,13H2,1-3H3,(H,20,25). The third kappa shape index (κ3) is 5.44. The molecule has 0 atom stereocenters. The Hall–Kier alpha value is -1.68. The zero-order valence-electron chi connectivity index (χ0n) is 16.4. The van der Waals surface area contributed by atoms with Crippen LogP contribution >= 0.6 is 11.6 Å². The van der Waals surface area contributed by atoms with Gasteiger partial charge in [-0.3, -0.25) is 14.5 Å². The fraction of sp³-hybridized carbons (Fsp3) is 0.556. The van der Waals surface area contributed by atoms with Crippen LogP contribution in [0.25, 0.3) is 0 Å². The molecule has 1 saturated heterocycles. The molecule has 8 nitrogen and oxygen atoms in total. The molecule has 0 spiro atoms. The maximum atomic E-state index is 12.7. The molecule has 1 fully saturated rings. The zero-order valence-corrected chi connectivity index (χ0v) is 18.0. The van der Waals surface area contributed by atoms with Gasteiger partial charge in [-0.15, -0.1) is 0 Å². The summed E-state index contributed by atoms with van der Waals surface area (Å²) >= 11 is 6.15. The van der Waals surface area contributed by atoms with Crippen molar-refractivity contribution in [3.8, 4) is 0 Å². The van der Waals surface area contributed by atoms with Crippen molar-refractivity contribution in [3.63, 3.8) is 0 Å². The van der Waals surface area contributed by atoms with Crippen molar-refractivity contribution >= 4 is 39.1 Å². The van der Waals surface area contributed by atoms with E-state index in [1.165, 1.54) is 29.4 Å². The third-order valence-corrected chi connectivity index (χ3v) is 7.12. The van der Waals surface area contributed by atoms with Crippen LogP contribution < -0.4 is 5.32 Å². The maximum absolute atomic E-state index is 12.7. The summed E-state index contributed by atoms with van der Waals surface area (Å²) in [5.41, 5.74) is 0.266. The van der Waals surface area contributed by atoms with E-state index in [-0.39, 0.29) is 34.0 Å². The van der Waals surface area contributed by atoms with Gasteiger partial charge in [-0.05, 0) is 18.2 Å². The number of benzene rings is 1. The van der Waals surface area contributed by atoms with Crippen LogP contribution in [0.15, 0.2) is 23.1 Å². The first-order valence-electron chi connectivity index (χ1n) is 9.26. The molecule has 0 aromatic heterocycles. The molecule has 0 saturated carbocycles. The Morgan fingerprint density at radius 1 is 1.14 bits per heavy atom. The number of carbonyl (C=O) groups excluding carboxylic acids is 2. The van der Waals surface area contributed by atoms with Gasteiger partial charge in [0.2, 0.25) is 21.8 Å². The van der Waals surface area contributed by atoms with E-state index in [2.05, 4.69) is 5.32 Å². The van der Waals surface area contributed by atoms with E-state index in [0.29, 0.717) is 39.3 Å². The fourth-order valence-corrected chi connectivity index (χ4v) is 4.74. The van der Waals surface area contributed by atoms with Crippen LogP contribution in [-0.4, -0.2) is 80.2 Å². The molecule has 2 rings (SSSR count). The maximum Gasteiger partial charge on any atom is 0.243 e. The fourth-order valence-electron chi connectivity index (χ4n) is 3.09. The molecule has 0 unspecified atom stereocenters. The van der Waals surface area contributed by atoms with Crippen LogP contribution in [0.1, 0.15) is 20.8 Å². The first-order chi connectivity index (χ1) is 13.2. The summed E-state index contributed by atoms with van der Waals surface area (Å²) in [5, 5.41) is 2.97. The summed E-state index contributed by atoms with van der Waals surface area (Å²) in [6, 6.07) is 4.30. The van der Waals surface area contributed by atoms with Crippen molar-refractivity contribution in [2.75, 3.05) is 51.1 Å². The lowest BCUT2D eigenvalue weighted by Crippen LogP contribution is -2.49. The van der Waals surface area contributed by atoms with Gasteiger partial charge in [0.25, 0.3) is 0 Å². The largest absolute Gasteiger partial charge is 0.340 e. The topological polar surface area (TPSA) is 90.0 Å². The van der Waals surface area contributed by atoms with Gasteiger partial charge in [-0.25, -0.2) is 8.42 Å². The average Bonchev–Trinajstić information content (AvgIpc) is 2.64. The minimum Gasteiger partial charge on any atom is -0.340 e. The van der Waals surface area contributed by atoms with Gasteiger partial charge in [-0.1, -0.05) is 25.4 Å². The van der Waals surface area contributed by atoms with Gasteiger partial charge < -0.3 is 10.2 Å². The van der Waals surface area contributed by atoms with Crippen LogP contribution in [0.3, 0.4) is 0 Å². The molecular weight excluding hydrogens is 404 g/mol. The number of nitrogens with zero attached hydrogens (tertiary/aromatic N) is 3. The highest BCUT2D eigenvalue weighted by Gasteiger charge is 2.24. The van der Waals surface area contributed by atoms with E-state index in [4.69, 9.17) is 11.6 Å². The Bertz CT molecular complexity index is 819. The molecule has 1 aromatic carbocycles. The average molecular weight is 431 g/mol. The molecule has 28 heavy (non-hydrogen) atoms. The molecule has 1 aliphatic rings. The normalized spacial score (nSPS) is 15.7. The molecule has 0 bridgehead atoms. The van der Waals surface area contributed by atoms with E-state index in [1.54, 1.807) is 18.7 Å². The van der Waals surface area contributed by atoms with Gasteiger partial charge in [0.15, 0.2) is 0 Å². The van der Waals surface area contributed by atoms with Gasteiger partial charge >= 0.3 is 0 Å². The van der Waals surface area contributed by atoms with Crippen LogP contribution in [0.5, 0.6) is 0 Å².